The predicted molar refractivity (Wildman–Crippen MR) is 71.3 cm³/mol. The summed E-state index contributed by atoms with van der Waals surface area (Å²) in [6.45, 7) is 5.73. The lowest BCUT2D eigenvalue weighted by Gasteiger charge is -1.96. The lowest BCUT2D eigenvalue weighted by atomic mass is 10.2. The van der Waals surface area contributed by atoms with Crippen LogP contribution in [0.25, 0.3) is 5.57 Å². The molecule has 0 amide bonds. The first-order valence-electron chi connectivity index (χ1n) is 4.49. The van der Waals surface area contributed by atoms with Gasteiger partial charge in [-0.1, -0.05) is 54.0 Å². The number of aromatic nitrogens is 1. The van der Waals surface area contributed by atoms with Gasteiger partial charge in [-0.05, 0) is 13.2 Å². The molecule has 0 aromatic carbocycles. The molecule has 0 aliphatic carbocycles. The van der Waals surface area contributed by atoms with Crippen molar-refractivity contribution in [2.45, 2.75) is 11.3 Å². The molecule has 2 N–H and O–H groups in total. The molecule has 0 saturated heterocycles. The maximum Gasteiger partial charge on any atom is 0.152 e. The summed E-state index contributed by atoms with van der Waals surface area (Å²) in [6, 6.07) is 0. The molecule has 1 heterocycles. The van der Waals surface area contributed by atoms with Crippen molar-refractivity contribution in [1.82, 2.24) is 4.98 Å². The Hall–Kier alpha value is -1.00. The molecule has 1 aromatic rings. The van der Waals surface area contributed by atoms with Gasteiger partial charge in [-0.2, -0.15) is 0 Å². The zero-order valence-corrected chi connectivity index (χ0v) is 10.5. The first-order chi connectivity index (χ1) is 7.22. The van der Waals surface area contributed by atoms with E-state index in [0.29, 0.717) is 0 Å². The third kappa shape index (κ3) is 2.97. The topological polar surface area (TPSA) is 38.9 Å². The second kappa shape index (κ2) is 5.78. The summed E-state index contributed by atoms with van der Waals surface area (Å²) in [5.41, 5.74) is 7.69. The Morgan fingerprint density at radius 1 is 1.60 bits per heavy atom. The van der Waals surface area contributed by atoms with Crippen molar-refractivity contribution >= 4 is 33.7 Å². The highest BCUT2D eigenvalue weighted by Gasteiger charge is 2.09. The van der Waals surface area contributed by atoms with Gasteiger partial charge in [-0.3, -0.25) is 0 Å². The standard InChI is InChI=1S/C11H14N2S2/c1-4-6-7-8(5-2)9-10(12)15-11(13-9)14-3/h4-7H,2,12H2,1,3H3/b6-4-,8-7+. The van der Waals surface area contributed by atoms with E-state index in [1.165, 1.54) is 11.3 Å². The van der Waals surface area contributed by atoms with Crippen LogP contribution >= 0.6 is 23.1 Å². The molecule has 1 aromatic heterocycles. The Balaban J connectivity index is 3.11. The number of nitrogens with two attached hydrogens (primary N) is 1. The van der Waals surface area contributed by atoms with Crippen LogP contribution in [0.4, 0.5) is 5.00 Å². The zero-order chi connectivity index (χ0) is 11.3. The number of thioether (sulfide) groups is 1. The third-order valence-electron chi connectivity index (χ3n) is 1.77. The van der Waals surface area contributed by atoms with E-state index >= 15 is 0 Å². The van der Waals surface area contributed by atoms with Gasteiger partial charge in [-0.25, -0.2) is 4.98 Å². The Bertz CT molecular complexity index is 403. The van der Waals surface area contributed by atoms with Crippen LogP contribution in [0.1, 0.15) is 12.6 Å². The number of allylic oxidation sites excluding steroid dienone is 5. The van der Waals surface area contributed by atoms with Crippen molar-refractivity contribution in [2.75, 3.05) is 12.0 Å². The summed E-state index contributed by atoms with van der Waals surface area (Å²) in [5, 5.41) is 0.745. The van der Waals surface area contributed by atoms with Gasteiger partial charge in [0.25, 0.3) is 0 Å². The van der Waals surface area contributed by atoms with Gasteiger partial charge in [0.05, 0.1) is 0 Å². The van der Waals surface area contributed by atoms with E-state index in [4.69, 9.17) is 5.73 Å². The molecular weight excluding hydrogens is 224 g/mol. The molecule has 0 fully saturated rings. The third-order valence-corrected chi connectivity index (χ3v) is 3.64. The molecule has 2 nitrogen and oxygen atoms in total. The minimum atomic E-state index is 0.745. The molecule has 4 heteroatoms. The summed E-state index contributed by atoms with van der Waals surface area (Å²) in [7, 11) is 0. The molecule has 80 valence electrons. The maximum absolute atomic E-state index is 5.90. The molecule has 15 heavy (non-hydrogen) atoms. The van der Waals surface area contributed by atoms with Gasteiger partial charge in [0.1, 0.15) is 10.7 Å². The number of rotatable bonds is 4. The Kier molecular flexibility index (Phi) is 4.65. The summed E-state index contributed by atoms with van der Waals surface area (Å²) >= 11 is 3.11. The van der Waals surface area contributed by atoms with Gasteiger partial charge in [0, 0.05) is 5.57 Å². The highest BCUT2D eigenvalue weighted by atomic mass is 32.2. The van der Waals surface area contributed by atoms with Crippen LogP contribution in [0, 0.1) is 0 Å². The van der Waals surface area contributed by atoms with Gasteiger partial charge < -0.3 is 5.73 Å². The Labute approximate surface area is 98.6 Å². The van der Waals surface area contributed by atoms with Crippen LogP contribution < -0.4 is 5.73 Å². The minimum absolute atomic E-state index is 0.745. The molecule has 0 saturated carbocycles. The normalized spacial score (nSPS) is 12.3. The number of anilines is 1. The second-order valence-electron chi connectivity index (χ2n) is 2.75. The Morgan fingerprint density at radius 3 is 2.80 bits per heavy atom. The van der Waals surface area contributed by atoms with Crippen LogP contribution in [-0.2, 0) is 0 Å². The summed E-state index contributed by atoms with van der Waals surface area (Å²) in [4.78, 5) is 4.44. The average molecular weight is 238 g/mol. The highest BCUT2D eigenvalue weighted by molar-refractivity contribution is 8.00. The number of hydrogen-bond acceptors (Lipinski definition) is 4. The van der Waals surface area contributed by atoms with Crippen LogP contribution in [0.2, 0.25) is 0 Å². The zero-order valence-electron chi connectivity index (χ0n) is 8.86. The van der Waals surface area contributed by atoms with Crippen LogP contribution in [-0.4, -0.2) is 11.2 Å². The smallest absolute Gasteiger partial charge is 0.152 e. The monoisotopic (exact) mass is 238 g/mol. The molecule has 0 unspecified atom stereocenters. The maximum atomic E-state index is 5.90. The van der Waals surface area contributed by atoms with Gasteiger partial charge in [0.15, 0.2) is 4.34 Å². The molecule has 0 radical (unpaired) electrons. The lowest BCUT2D eigenvalue weighted by Crippen LogP contribution is -1.88. The van der Waals surface area contributed by atoms with Crippen molar-refractivity contribution in [1.29, 1.82) is 0 Å². The van der Waals surface area contributed by atoms with Crippen molar-refractivity contribution in [2.24, 2.45) is 0 Å². The molecule has 0 aliphatic heterocycles. The fourth-order valence-corrected chi connectivity index (χ4v) is 2.42. The quantitative estimate of drug-likeness (QED) is 0.643. The molecule has 0 aliphatic rings. The average Bonchev–Trinajstić information content (AvgIpc) is 2.61. The van der Waals surface area contributed by atoms with E-state index in [9.17, 15) is 0 Å². The fourth-order valence-electron chi connectivity index (χ4n) is 1.05. The fraction of sp³-hybridized carbons (Fsp3) is 0.182. The number of nitrogen functional groups attached to an aromatic ring is 1. The molecule has 0 spiro atoms. The van der Waals surface area contributed by atoms with E-state index in [-0.39, 0.29) is 0 Å². The van der Waals surface area contributed by atoms with E-state index in [0.717, 1.165) is 20.6 Å². The van der Waals surface area contributed by atoms with Crippen LogP contribution in [0.3, 0.4) is 0 Å². The van der Waals surface area contributed by atoms with E-state index < -0.39 is 0 Å². The summed E-state index contributed by atoms with van der Waals surface area (Å²) < 4.78 is 0.982. The van der Waals surface area contributed by atoms with Gasteiger partial charge >= 0.3 is 0 Å². The first kappa shape index (κ1) is 12.1. The molecular formula is C11H14N2S2. The van der Waals surface area contributed by atoms with Crippen LogP contribution in [0.15, 0.2) is 35.2 Å². The van der Waals surface area contributed by atoms with Crippen LogP contribution in [0.5, 0.6) is 0 Å². The van der Waals surface area contributed by atoms with Crippen molar-refractivity contribution in [3.63, 3.8) is 0 Å². The second-order valence-corrected chi connectivity index (χ2v) is 4.83. The number of nitrogens with zero attached hydrogens (tertiary/aromatic N) is 1. The Morgan fingerprint density at radius 2 is 2.33 bits per heavy atom. The molecule has 1 rings (SSSR count). The lowest BCUT2D eigenvalue weighted by molar-refractivity contribution is 1.22. The summed E-state index contributed by atoms with van der Waals surface area (Å²) in [5.74, 6) is 0. The SMILES string of the molecule is C=C/C(=C\C=C/C)c1nc(SC)sc1N. The number of hydrogen-bond donors (Lipinski definition) is 1. The molecule has 0 atom stereocenters. The summed E-state index contributed by atoms with van der Waals surface area (Å²) in [6.07, 6.45) is 9.64. The highest BCUT2D eigenvalue weighted by Crippen LogP contribution is 2.32. The molecule has 0 bridgehead atoms. The van der Waals surface area contributed by atoms with E-state index in [1.54, 1.807) is 17.8 Å². The minimum Gasteiger partial charge on any atom is -0.389 e. The van der Waals surface area contributed by atoms with E-state index in [1.807, 2.05) is 31.4 Å². The van der Waals surface area contributed by atoms with Crippen molar-refractivity contribution in [3.8, 4) is 0 Å². The van der Waals surface area contributed by atoms with E-state index in [2.05, 4.69) is 11.6 Å². The predicted octanol–water partition coefficient (Wildman–Crippen LogP) is 3.59. The number of thiazole rings is 1. The van der Waals surface area contributed by atoms with Gasteiger partial charge in [-0.15, -0.1) is 0 Å². The largest absolute Gasteiger partial charge is 0.389 e. The first-order valence-corrected chi connectivity index (χ1v) is 6.53. The van der Waals surface area contributed by atoms with Gasteiger partial charge in [0.2, 0.25) is 0 Å². The van der Waals surface area contributed by atoms with Crippen molar-refractivity contribution in [3.05, 3.63) is 36.6 Å². The van der Waals surface area contributed by atoms with Crippen molar-refractivity contribution < 1.29 is 0 Å².